The maximum absolute atomic E-state index is 11.1. The van der Waals surface area contributed by atoms with E-state index in [9.17, 15) is 15.2 Å². The zero-order chi connectivity index (χ0) is 15.7. The van der Waals surface area contributed by atoms with Gasteiger partial charge >= 0.3 is 5.69 Å². The maximum atomic E-state index is 11.1. The number of benzene rings is 1. The summed E-state index contributed by atoms with van der Waals surface area (Å²) in [7, 11) is 1.46. The summed E-state index contributed by atoms with van der Waals surface area (Å²) in [6.45, 7) is 3.54. The molecule has 1 rings (SSSR count). The van der Waals surface area contributed by atoms with E-state index in [1.54, 1.807) is 12.1 Å². The molecule has 21 heavy (non-hydrogen) atoms. The molecule has 0 radical (unpaired) electrons. The van der Waals surface area contributed by atoms with Crippen molar-refractivity contribution in [1.82, 2.24) is 5.32 Å². The van der Waals surface area contributed by atoms with Gasteiger partial charge in [0.25, 0.3) is 0 Å². The van der Waals surface area contributed by atoms with E-state index in [0.29, 0.717) is 6.54 Å². The Labute approximate surface area is 124 Å². The molecular formula is C14H22N2O5. The lowest BCUT2D eigenvalue weighted by Gasteiger charge is -2.12. The van der Waals surface area contributed by atoms with Crippen molar-refractivity contribution in [1.29, 1.82) is 0 Å². The van der Waals surface area contributed by atoms with Crippen LogP contribution in [0.25, 0.3) is 0 Å². The Balaban J connectivity index is 2.72. The zero-order valence-corrected chi connectivity index (χ0v) is 12.4. The molecule has 1 aromatic carbocycles. The van der Waals surface area contributed by atoms with Gasteiger partial charge in [-0.05, 0) is 24.6 Å². The predicted molar refractivity (Wildman–Crippen MR) is 78.5 cm³/mol. The Morgan fingerprint density at radius 3 is 2.81 bits per heavy atom. The summed E-state index contributed by atoms with van der Waals surface area (Å²) >= 11 is 0. The first-order valence-corrected chi connectivity index (χ1v) is 6.86. The Bertz CT molecular complexity index is 453. The van der Waals surface area contributed by atoms with Gasteiger partial charge in [0.05, 0.1) is 11.5 Å². The molecule has 0 fully saturated rings. The summed E-state index contributed by atoms with van der Waals surface area (Å²) in [6, 6.07) is 4.81. The SMILES string of the molecule is CCCNCc1ccc(OCC(O)COC)c([N+](=O)[O-])c1. The van der Waals surface area contributed by atoms with Gasteiger partial charge in [0.15, 0.2) is 5.75 Å². The molecule has 1 atom stereocenters. The lowest BCUT2D eigenvalue weighted by atomic mass is 10.2. The molecule has 0 saturated heterocycles. The molecule has 0 spiro atoms. The van der Waals surface area contributed by atoms with Crippen LogP contribution in [0.4, 0.5) is 5.69 Å². The minimum atomic E-state index is -0.819. The number of hydrogen-bond acceptors (Lipinski definition) is 6. The van der Waals surface area contributed by atoms with E-state index >= 15 is 0 Å². The molecule has 1 unspecified atom stereocenters. The van der Waals surface area contributed by atoms with Crippen molar-refractivity contribution in [2.75, 3.05) is 26.9 Å². The van der Waals surface area contributed by atoms with Gasteiger partial charge in [-0.1, -0.05) is 13.0 Å². The van der Waals surface area contributed by atoms with E-state index in [1.807, 2.05) is 0 Å². The average Bonchev–Trinajstić information content (AvgIpc) is 2.46. The number of aliphatic hydroxyl groups excluding tert-OH is 1. The third kappa shape index (κ3) is 6.07. The number of rotatable bonds is 10. The summed E-state index contributed by atoms with van der Waals surface area (Å²) in [5.41, 5.74) is 0.718. The number of nitro groups is 1. The zero-order valence-electron chi connectivity index (χ0n) is 12.4. The average molecular weight is 298 g/mol. The highest BCUT2D eigenvalue weighted by Crippen LogP contribution is 2.28. The van der Waals surface area contributed by atoms with Gasteiger partial charge in [-0.25, -0.2) is 0 Å². The van der Waals surface area contributed by atoms with Crippen LogP contribution in [-0.2, 0) is 11.3 Å². The van der Waals surface area contributed by atoms with Crippen LogP contribution in [0.15, 0.2) is 18.2 Å². The molecule has 0 aliphatic heterocycles. The minimum Gasteiger partial charge on any atom is -0.484 e. The standard InChI is InChI=1S/C14H22N2O5/c1-3-6-15-8-11-4-5-14(13(7-11)16(18)19)21-10-12(17)9-20-2/h4-5,7,12,15,17H,3,6,8-10H2,1-2H3. The van der Waals surface area contributed by atoms with Crippen LogP contribution >= 0.6 is 0 Å². The molecule has 7 heteroatoms. The molecule has 2 N–H and O–H groups in total. The number of nitrogens with one attached hydrogen (secondary N) is 1. The number of hydrogen-bond donors (Lipinski definition) is 2. The van der Waals surface area contributed by atoms with Gasteiger partial charge in [-0.3, -0.25) is 10.1 Å². The molecule has 0 aliphatic carbocycles. The van der Waals surface area contributed by atoms with Crippen molar-refractivity contribution >= 4 is 5.69 Å². The second kappa shape index (κ2) is 9.28. The Morgan fingerprint density at radius 1 is 1.43 bits per heavy atom. The molecule has 7 nitrogen and oxygen atoms in total. The molecule has 0 amide bonds. The summed E-state index contributed by atoms with van der Waals surface area (Å²) in [4.78, 5) is 10.6. The van der Waals surface area contributed by atoms with Crippen LogP contribution in [0, 0.1) is 10.1 Å². The van der Waals surface area contributed by atoms with E-state index in [4.69, 9.17) is 9.47 Å². The fourth-order valence-corrected chi connectivity index (χ4v) is 1.77. The number of nitro benzene ring substituents is 1. The molecule has 0 saturated carbocycles. The first kappa shape index (κ1) is 17.4. The summed E-state index contributed by atoms with van der Waals surface area (Å²) < 4.78 is 10.1. The van der Waals surface area contributed by atoms with E-state index < -0.39 is 11.0 Å². The third-order valence-corrected chi connectivity index (χ3v) is 2.77. The van der Waals surface area contributed by atoms with Crippen molar-refractivity contribution in [2.24, 2.45) is 0 Å². The highest BCUT2D eigenvalue weighted by molar-refractivity contribution is 5.48. The number of aliphatic hydroxyl groups is 1. The second-order valence-electron chi connectivity index (χ2n) is 4.66. The molecule has 0 aromatic heterocycles. The Kier molecular flexibility index (Phi) is 7.66. The normalized spacial score (nSPS) is 12.1. The van der Waals surface area contributed by atoms with Crippen molar-refractivity contribution < 1.29 is 19.5 Å². The minimum absolute atomic E-state index is 0.0535. The monoisotopic (exact) mass is 298 g/mol. The van der Waals surface area contributed by atoms with Crippen molar-refractivity contribution in [3.63, 3.8) is 0 Å². The maximum Gasteiger partial charge on any atom is 0.311 e. The molecule has 118 valence electrons. The van der Waals surface area contributed by atoms with Crippen molar-refractivity contribution in [3.05, 3.63) is 33.9 Å². The van der Waals surface area contributed by atoms with Crippen LogP contribution in [0.2, 0.25) is 0 Å². The fourth-order valence-electron chi connectivity index (χ4n) is 1.77. The molecule has 0 aliphatic rings. The number of nitrogens with zero attached hydrogens (tertiary/aromatic N) is 1. The predicted octanol–water partition coefficient (Wildman–Crippen LogP) is 1.48. The number of ether oxygens (including phenoxy) is 2. The molecular weight excluding hydrogens is 276 g/mol. The van der Waals surface area contributed by atoms with Crippen LogP contribution in [0.3, 0.4) is 0 Å². The lowest BCUT2D eigenvalue weighted by Crippen LogP contribution is -2.22. The van der Waals surface area contributed by atoms with Crippen LogP contribution in [-0.4, -0.2) is 43.0 Å². The quantitative estimate of drug-likeness (QED) is 0.386. The van der Waals surface area contributed by atoms with Gasteiger partial charge in [0.2, 0.25) is 0 Å². The fraction of sp³-hybridized carbons (Fsp3) is 0.571. The third-order valence-electron chi connectivity index (χ3n) is 2.77. The summed E-state index contributed by atoms with van der Waals surface area (Å²) in [5.74, 6) is 0.148. The first-order valence-electron chi connectivity index (χ1n) is 6.86. The Hall–Kier alpha value is -1.70. The first-order chi connectivity index (χ1) is 10.1. The van der Waals surface area contributed by atoms with Gasteiger partial charge in [-0.2, -0.15) is 0 Å². The van der Waals surface area contributed by atoms with E-state index in [1.165, 1.54) is 13.2 Å². The van der Waals surface area contributed by atoms with Gasteiger partial charge in [0, 0.05) is 19.7 Å². The van der Waals surface area contributed by atoms with E-state index in [0.717, 1.165) is 18.5 Å². The molecule has 0 bridgehead atoms. The van der Waals surface area contributed by atoms with E-state index in [2.05, 4.69) is 12.2 Å². The smallest absolute Gasteiger partial charge is 0.311 e. The largest absolute Gasteiger partial charge is 0.484 e. The van der Waals surface area contributed by atoms with Crippen LogP contribution in [0.5, 0.6) is 5.75 Å². The Morgan fingerprint density at radius 2 is 2.19 bits per heavy atom. The highest BCUT2D eigenvalue weighted by atomic mass is 16.6. The highest BCUT2D eigenvalue weighted by Gasteiger charge is 2.17. The molecule has 1 aromatic rings. The lowest BCUT2D eigenvalue weighted by molar-refractivity contribution is -0.386. The van der Waals surface area contributed by atoms with E-state index in [-0.39, 0.29) is 24.7 Å². The number of methoxy groups -OCH3 is 1. The van der Waals surface area contributed by atoms with Crippen LogP contribution in [0.1, 0.15) is 18.9 Å². The summed E-state index contributed by atoms with van der Waals surface area (Å²) in [6.07, 6.45) is 0.182. The summed E-state index contributed by atoms with van der Waals surface area (Å²) in [5, 5.41) is 23.8. The van der Waals surface area contributed by atoms with Crippen LogP contribution < -0.4 is 10.1 Å². The second-order valence-corrected chi connectivity index (χ2v) is 4.66. The van der Waals surface area contributed by atoms with Gasteiger partial charge in [0.1, 0.15) is 12.7 Å². The topological polar surface area (TPSA) is 93.9 Å². The van der Waals surface area contributed by atoms with Crippen molar-refractivity contribution in [2.45, 2.75) is 26.0 Å². The van der Waals surface area contributed by atoms with Gasteiger partial charge in [-0.15, -0.1) is 0 Å². The van der Waals surface area contributed by atoms with Gasteiger partial charge < -0.3 is 19.9 Å². The molecule has 0 heterocycles. The van der Waals surface area contributed by atoms with Crippen molar-refractivity contribution in [3.8, 4) is 5.75 Å².